The van der Waals surface area contributed by atoms with Crippen molar-refractivity contribution in [1.82, 2.24) is 0 Å². The molecule has 3 aliphatic rings. The minimum Gasteiger partial charge on any atom is -0.392 e. The van der Waals surface area contributed by atoms with E-state index in [4.69, 9.17) is 4.74 Å². The molecule has 0 aliphatic heterocycles. The molecule has 19 heavy (non-hydrogen) atoms. The predicted molar refractivity (Wildman–Crippen MR) is 77.0 cm³/mol. The molecule has 3 saturated carbocycles. The van der Waals surface area contributed by atoms with Crippen LogP contribution < -0.4 is 0 Å². The molecule has 0 saturated heterocycles. The van der Waals surface area contributed by atoms with Crippen LogP contribution >= 0.6 is 0 Å². The highest BCUT2D eigenvalue weighted by molar-refractivity contribution is 5.05. The van der Waals surface area contributed by atoms with Crippen molar-refractivity contribution >= 4 is 0 Å². The third kappa shape index (κ3) is 2.58. The Morgan fingerprint density at radius 1 is 0.895 bits per heavy atom. The van der Waals surface area contributed by atoms with E-state index in [2.05, 4.69) is 13.8 Å². The van der Waals surface area contributed by atoms with E-state index in [0.717, 1.165) is 18.3 Å². The summed E-state index contributed by atoms with van der Waals surface area (Å²) in [6.45, 7) is 4.72. The molecule has 0 heterocycles. The van der Waals surface area contributed by atoms with Crippen LogP contribution in [-0.2, 0) is 4.74 Å². The average Bonchev–Trinajstić information content (AvgIpc) is 2.38. The number of hydrogen-bond donors (Lipinski definition) is 1. The summed E-state index contributed by atoms with van der Waals surface area (Å²) < 4.78 is 6.47. The van der Waals surface area contributed by atoms with Gasteiger partial charge in [0.1, 0.15) is 0 Å². The van der Waals surface area contributed by atoms with Crippen molar-refractivity contribution in [2.75, 3.05) is 0 Å². The van der Waals surface area contributed by atoms with Gasteiger partial charge in [-0.1, -0.05) is 33.1 Å². The van der Waals surface area contributed by atoms with Crippen molar-refractivity contribution in [3.63, 3.8) is 0 Å². The molecule has 0 amide bonds. The van der Waals surface area contributed by atoms with E-state index in [1.807, 2.05) is 0 Å². The molecule has 0 aromatic heterocycles. The van der Waals surface area contributed by atoms with Crippen LogP contribution in [0.5, 0.6) is 0 Å². The fourth-order valence-corrected chi connectivity index (χ4v) is 5.00. The molecule has 0 radical (unpaired) electrons. The highest BCUT2D eigenvalue weighted by Crippen LogP contribution is 2.54. The van der Waals surface area contributed by atoms with E-state index in [9.17, 15) is 5.11 Å². The standard InChI is InChI=1S/C17H30O2/c1-12-8-13(2)10-14(9-12)19-16-11-15(18)17(16)6-4-3-5-7-17/h12-16,18H,3-11H2,1-2H3. The van der Waals surface area contributed by atoms with Gasteiger partial charge in [-0.25, -0.2) is 0 Å². The molecule has 0 bridgehead atoms. The fraction of sp³-hybridized carbons (Fsp3) is 1.00. The summed E-state index contributed by atoms with van der Waals surface area (Å²) in [5, 5.41) is 10.2. The molecule has 3 fully saturated rings. The van der Waals surface area contributed by atoms with Gasteiger partial charge in [0.15, 0.2) is 0 Å². The van der Waals surface area contributed by atoms with Gasteiger partial charge in [-0.3, -0.25) is 0 Å². The number of aliphatic hydroxyl groups excluding tert-OH is 1. The Morgan fingerprint density at radius 2 is 1.53 bits per heavy atom. The Morgan fingerprint density at radius 3 is 2.11 bits per heavy atom. The van der Waals surface area contributed by atoms with Crippen LogP contribution in [0.25, 0.3) is 0 Å². The molecule has 0 aromatic rings. The fourth-order valence-electron chi connectivity index (χ4n) is 5.00. The van der Waals surface area contributed by atoms with Crippen molar-refractivity contribution in [2.24, 2.45) is 17.3 Å². The maximum absolute atomic E-state index is 10.2. The van der Waals surface area contributed by atoms with Gasteiger partial charge >= 0.3 is 0 Å². The lowest BCUT2D eigenvalue weighted by molar-refractivity contribution is -0.228. The van der Waals surface area contributed by atoms with Crippen molar-refractivity contribution < 1.29 is 9.84 Å². The number of rotatable bonds is 2. The minimum absolute atomic E-state index is 0.0868. The quantitative estimate of drug-likeness (QED) is 0.821. The zero-order valence-electron chi connectivity index (χ0n) is 12.6. The minimum atomic E-state index is -0.0868. The molecule has 0 aromatic carbocycles. The first-order valence-electron chi connectivity index (χ1n) is 8.43. The second-order valence-electron chi connectivity index (χ2n) is 7.71. The second-order valence-corrected chi connectivity index (χ2v) is 7.71. The van der Waals surface area contributed by atoms with Crippen molar-refractivity contribution in [2.45, 2.75) is 89.9 Å². The van der Waals surface area contributed by atoms with Gasteiger partial charge in [0.25, 0.3) is 0 Å². The van der Waals surface area contributed by atoms with E-state index in [-0.39, 0.29) is 11.5 Å². The monoisotopic (exact) mass is 266 g/mol. The lowest BCUT2D eigenvalue weighted by Crippen LogP contribution is -2.60. The van der Waals surface area contributed by atoms with E-state index in [1.165, 1.54) is 51.4 Å². The third-order valence-corrected chi connectivity index (χ3v) is 6.02. The van der Waals surface area contributed by atoms with Gasteiger partial charge in [0.05, 0.1) is 18.3 Å². The van der Waals surface area contributed by atoms with Crippen LogP contribution in [-0.4, -0.2) is 23.4 Å². The zero-order chi connectivity index (χ0) is 13.5. The molecule has 3 aliphatic carbocycles. The van der Waals surface area contributed by atoms with Crippen LogP contribution in [0, 0.1) is 17.3 Å². The first-order valence-corrected chi connectivity index (χ1v) is 8.43. The predicted octanol–water partition coefficient (Wildman–Crippen LogP) is 3.91. The molecule has 1 N–H and O–H groups in total. The van der Waals surface area contributed by atoms with Crippen molar-refractivity contribution in [3.05, 3.63) is 0 Å². The lowest BCUT2D eigenvalue weighted by Gasteiger charge is -2.56. The highest BCUT2D eigenvalue weighted by Gasteiger charge is 2.55. The Hall–Kier alpha value is -0.0800. The molecular formula is C17H30O2. The molecular weight excluding hydrogens is 236 g/mol. The van der Waals surface area contributed by atoms with E-state index in [1.54, 1.807) is 0 Å². The van der Waals surface area contributed by atoms with Crippen LogP contribution in [0.2, 0.25) is 0 Å². The van der Waals surface area contributed by atoms with E-state index in [0.29, 0.717) is 12.2 Å². The largest absolute Gasteiger partial charge is 0.392 e. The summed E-state index contributed by atoms with van der Waals surface area (Å²) in [6, 6.07) is 0. The molecule has 4 atom stereocenters. The lowest BCUT2D eigenvalue weighted by atomic mass is 9.56. The van der Waals surface area contributed by atoms with Crippen LogP contribution in [0.4, 0.5) is 0 Å². The molecule has 2 nitrogen and oxygen atoms in total. The summed E-state index contributed by atoms with van der Waals surface area (Å²) in [5.74, 6) is 1.61. The SMILES string of the molecule is CC1CC(C)CC(OC2CC(O)C23CCCCC3)C1. The van der Waals surface area contributed by atoms with E-state index >= 15 is 0 Å². The Kier molecular flexibility index (Phi) is 3.92. The Labute approximate surface area is 117 Å². The zero-order valence-corrected chi connectivity index (χ0v) is 12.6. The van der Waals surface area contributed by atoms with Gasteiger partial charge in [0, 0.05) is 11.8 Å². The van der Waals surface area contributed by atoms with Crippen molar-refractivity contribution in [3.8, 4) is 0 Å². The number of ether oxygens (including phenoxy) is 1. The third-order valence-electron chi connectivity index (χ3n) is 6.02. The van der Waals surface area contributed by atoms with Crippen LogP contribution in [0.3, 0.4) is 0 Å². The van der Waals surface area contributed by atoms with Crippen LogP contribution in [0.1, 0.15) is 71.6 Å². The summed E-state index contributed by atoms with van der Waals surface area (Å²) in [5.41, 5.74) is 0.141. The normalized spacial score (nSPS) is 45.9. The summed E-state index contributed by atoms with van der Waals surface area (Å²) in [4.78, 5) is 0. The smallest absolute Gasteiger partial charge is 0.0684 e. The summed E-state index contributed by atoms with van der Waals surface area (Å²) in [6.07, 6.45) is 11.7. The maximum atomic E-state index is 10.2. The summed E-state index contributed by atoms with van der Waals surface area (Å²) in [7, 11) is 0. The van der Waals surface area contributed by atoms with Crippen molar-refractivity contribution in [1.29, 1.82) is 0 Å². The van der Waals surface area contributed by atoms with E-state index < -0.39 is 0 Å². The maximum Gasteiger partial charge on any atom is 0.0684 e. The number of aliphatic hydroxyl groups is 1. The van der Waals surface area contributed by atoms with Gasteiger partial charge in [0.2, 0.25) is 0 Å². The molecule has 3 rings (SSSR count). The average molecular weight is 266 g/mol. The topological polar surface area (TPSA) is 29.5 Å². The van der Waals surface area contributed by atoms with Gasteiger partial charge < -0.3 is 9.84 Å². The second kappa shape index (κ2) is 5.37. The Balaban J connectivity index is 1.60. The molecule has 110 valence electrons. The summed E-state index contributed by atoms with van der Waals surface area (Å²) >= 11 is 0. The van der Waals surface area contributed by atoms with Gasteiger partial charge in [-0.2, -0.15) is 0 Å². The Bertz CT molecular complexity index is 298. The first kappa shape index (κ1) is 13.9. The molecule has 2 heteroatoms. The van der Waals surface area contributed by atoms with Gasteiger partial charge in [-0.05, 0) is 43.9 Å². The number of hydrogen-bond acceptors (Lipinski definition) is 2. The highest BCUT2D eigenvalue weighted by atomic mass is 16.5. The molecule has 4 unspecified atom stereocenters. The first-order chi connectivity index (χ1) is 9.10. The molecule has 1 spiro atoms. The van der Waals surface area contributed by atoms with Gasteiger partial charge in [-0.15, -0.1) is 0 Å². The van der Waals surface area contributed by atoms with Crippen LogP contribution in [0.15, 0.2) is 0 Å².